The molecular formula is C14H13ClN2O2. The summed E-state index contributed by atoms with van der Waals surface area (Å²) >= 11 is 6.08. The van der Waals surface area contributed by atoms with E-state index in [-0.39, 0.29) is 5.56 Å². The average Bonchev–Trinajstić information content (AvgIpc) is 2.33. The Morgan fingerprint density at radius 1 is 1.26 bits per heavy atom. The second kappa shape index (κ2) is 5.28. The van der Waals surface area contributed by atoms with Crippen LogP contribution in [-0.2, 0) is 0 Å². The number of carboxylic acid groups (broad SMARTS) is 1. The van der Waals surface area contributed by atoms with Crippen molar-refractivity contribution in [2.24, 2.45) is 0 Å². The molecule has 0 aliphatic carbocycles. The Balaban J connectivity index is 2.31. The maximum Gasteiger partial charge on any atom is 0.337 e. The first kappa shape index (κ1) is 13.4. The van der Waals surface area contributed by atoms with E-state index in [2.05, 4.69) is 10.3 Å². The second-order valence-corrected chi connectivity index (χ2v) is 4.65. The smallest absolute Gasteiger partial charge is 0.337 e. The van der Waals surface area contributed by atoms with Crippen LogP contribution >= 0.6 is 11.6 Å². The molecule has 0 aliphatic heterocycles. The van der Waals surface area contributed by atoms with Crippen LogP contribution in [0, 0.1) is 13.8 Å². The van der Waals surface area contributed by atoms with E-state index in [1.807, 2.05) is 19.1 Å². The lowest BCUT2D eigenvalue weighted by Crippen LogP contribution is -2.03. The summed E-state index contributed by atoms with van der Waals surface area (Å²) in [5.74, 6) is -0.417. The standard InChI is InChI=1S/C14H13ClN2O2/c1-8-3-5-11(15)12(7-8)17-13-6-4-10(14(18)19)9(2)16-13/h3-7H,1-2H3,(H,16,17)(H,18,19). The van der Waals surface area contributed by atoms with Gasteiger partial charge in [0.25, 0.3) is 0 Å². The minimum absolute atomic E-state index is 0.195. The van der Waals surface area contributed by atoms with E-state index in [0.29, 0.717) is 16.5 Å². The highest BCUT2D eigenvalue weighted by Crippen LogP contribution is 2.26. The molecule has 0 unspecified atom stereocenters. The van der Waals surface area contributed by atoms with Gasteiger partial charge in [0.05, 0.1) is 22.0 Å². The number of benzene rings is 1. The number of carbonyl (C=O) groups is 1. The predicted octanol–water partition coefficient (Wildman–Crippen LogP) is 3.79. The minimum Gasteiger partial charge on any atom is -0.478 e. The number of hydrogen-bond acceptors (Lipinski definition) is 3. The molecule has 1 aromatic heterocycles. The third kappa shape index (κ3) is 3.03. The van der Waals surface area contributed by atoms with Gasteiger partial charge in [-0.1, -0.05) is 17.7 Å². The summed E-state index contributed by atoms with van der Waals surface area (Å²) in [5.41, 5.74) is 2.48. The van der Waals surface area contributed by atoms with Crippen LogP contribution in [0.2, 0.25) is 5.02 Å². The molecule has 0 fully saturated rings. The van der Waals surface area contributed by atoms with E-state index in [0.717, 1.165) is 11.3 Å². The fourth-order valence-electron chi connectivity index (χ4n) is 1.73. The van der Waals surface area contributed by atoms with Gasteiger partial charge in [0, 0.05) is 0 Å². The molecule has 0 saturated carbocycles. The summed E-state index contributed by atoms with van der Waals surface area (Å²) in [4.78, 5) is 15.1. The van der Waals surface area contributed by atoms with Gasteiger partial charge in [-0.2, -0.15) is 0 Å². The van der Waals surface area contributed by atoms with E-state index < -0.39 is 5.97 Å². The lowest BCUT2D eigenvalue weighted by atomic mass is 10.2. The van der Waals surface area contributed by atoms with Gasteiger partial charge >= 0.3 is 5.97 Å². The van der Waals surface area contributed by atoms with Crippen molar-refractivity contribution >= 4 is 29.1 Å². The zero-order chi connectivity index (χ0) is 14.0. The van der Waals surface area contributed by atoms with Crippen LogP contribution in [0.3, 0.4) is 0 Å². The summed E-state index contributed by atoms with van der Waals surface area (Å²) in [6.07, 6.45) is 0. The molecule has 1 aromatic carbocycles. The lowest BCUT2D eigenvalue weighted by molar-refractivity contribution is 0.0695. The van der Waals surface area contributed by atoms with Crippen molar-refractivity contribution in [3.8, 4) is 0 Å². The van der Waals surface area contributed by atoms with Crippen LogP contribution in [-0.4, -0.2) is 16.1 Å². The summed E-state index contributed by atoms with van der Waals surface area (Å²) in [6.45, 7) is 3.63. The number of halogens is 1. The van der Waals surface area contributed by atoms with E-state index >= 15 is 0 Å². The van der Waals surface area contributed by atoms with Gasteiger partial charge < -0.3 is 10.4 Å². The summed E-state index contributed by atoms with van der Waals surface area (Å²) in [5, 5.41) is 12.6. The molecule has 2 aromatic rings. The Hall–Kier alpha value is -2.07. The number of hydrogen-bond donors (Lipinski definition) is 2. The van der Waals surface area contributed by atoms with Crippen LogP contribution < -0.4 is 5.32 Å². The fraction of sp³-hybridized carbons (Fsp3) is 0.143. The first-order valence-corrected chi connectivity index (χ1v) is 6.09. The molecule has 2 N–H and O–H groups in total. The summed E-state index contributed by atoms with van der Waals surface area (Å²) < 4.78 is 0. The van der Waals surface area contributed by atoms with E-state index in [1.54, 1.807) is 19.1 Å². The number of carboxylic acids is 1. The quantitative estimate of drug-likeness (QED) is 0.895. The average molecular weight is 277 g/mol. The van der Waals surface area contributed by atoms with Gasteiger partial charge in [-0.15, -0.1) is 0 Å². The molecule has 4 nitrogen and oxygen atoms in total. The molecule has 5 heteroatoms. The molecule has 0 atom stereocenters. The molecule has 19 heavy (non-hydrogen) atoms. The molecule has 0 amide bonds. The molecule has 1 heterocycles. The Bertz CT molecular complexity index is 641. The fourth-order valence-corrected chi connectivity index (χ4v) is 1.89. The number of anilines is 2. The van der Waals surface area contributed by atoms with Crippen LogP contribution in [0.15, 0.2) is 30.3 Å². The van der Waals surface area contributed by atoms with Crippen molar-refractivity contribution in [2.45, 2.75) is 13.8 Å². The van der Waals surface area contributed by atoms with Gasteiger partial charge in [0.15, 0.2) is 0 Å². The zero-order valence-corrected chi connectivity index (χ0v) is 11.3. The largest absolute Gasteiger partial charge is 0.478 e. The summed E-state index contributed by atoms with van der Waals surface area (Å²) in [6, 6.07) is 8.77. The molecular weight excluding hydrogens is 264 g/mol. The molecule has 0 bridgehead atoms. The molecule has 0 radical (unpaired) electrons. The normalized spacial score (nSPS) is 10.3. The number of rotatable bonds is 3. The van der Waals surface area contributed by atoms with Gasteiger partial charge in [0.1, 0.15) is 5.82 Å². The van der Waals surface area contributed by atoms with Gasteiger partial charge in [-0.25, -0.2) is 9.78 Å². The summed E-state index contributed by atoms with van der Waals surface area (Å²) in [7, 11) is 0. The number of aromatic nitrogens is 1. The monoisotopic (exact) mass is 276 g/mol. The number of nitrogens with one attached hydrogen (secondary N) is 1. The highest BCUT2D eigenvalue weighted by Gasteiger charge is 2.09. The Morgan fingerprint density at radius 3 is 2.63 bits per heavy atom. The molecule has 98 valence electrons. The van der Waals surface area contributed by atoms with Crippen molar-refractivity contribution in [3.63, 3.8) is 0 Å². The van der Waals surface area contributed by atoms with E-state index in [1.165, 1.54) is 6.07 Å². The van der Waals surface area contributed by atoms with Crippen LogP contribution in [0.1, 0.15) is 21.6 Å². The van der Waals surface area contributed by atoms with Crippen molar-refractivity contribution in [1.29, 1.82) is 0 Å². The maximum absolute atomic E-state index is 10.9. The molecule has 0 spiro atoms. The van der Waals surface area contributed by atoms with Gasteiger partial charge in [-0.3, -0.25) is 0 Å². The van der Waals surface area contributed by atoms with Gasteiger partial charge in [0.2, 0.25) is 0 Å². The number of pyridine rings is 1. The number of nitrogens with zero attached hydrogens (tertiary/aromatic N) is 1. The molecule has 0 saturated heterocycles. The number of aromatic carboxylic acids is 1. The van der Waals surface area contributed by atoms with Crippen LogP contribution in [0.25, 0.3) is 0 Å². The topological polar surface area (TPSA) is 62.2 Å². The van der Waals surface area contributed by atoms with Crippen molar-refractivity contribution < 1.29 is 9.90 Å². The SMILES string of the molecule is Cc1ccc(Cl)c(Nc2ccc(C(=O)O)c(C)n2)c1. The van der Waals surface area contributed by atoms with Crippen LogP contribution in [0.5, 0.6) is 0 Å². The Kier molecular flexibility index (Phi) is 3.71. The Morgan fingerprint density at radius 2 is 2.00 bits per heavy atom. The third-order valence-corrected chi connectivity index (χ3v) is 3.03. The lowest BCUT2D eigenvalue weighted by Gasteiger charge is -2.10. The first-order chi connectivity index (χ1) is 8.97. The number of aryl methyl sites for hydroxylation is 2. The van der Waals surface area contributed by atoms with E-state index in [4.69, 9.17) is 16.7 Å². The van der Waals surface area contributed by atoms with Crippen molar-refractivity contribution in [1.82, 2.24) is 4.98 Å². The minimum atomic E-state index is -0.981. The highest BCUT2D eigenvalue weighted by molar-refractivity contribution is 6.33. The highest BCUT2D eigenvalue weighted by atomic mass is 35.5. The predicted molar refractivity (Wildman–Crippen MR) is 75.4 cm³/mol. The van der Waals surface area contributed by atoms with Crippen LogP contribution in [0.4, 0.5) is 11.5 Å². The van der Waals surface area contributed by atoms with E-state index in [9.17, 15) is 4.79 Å². The maximum atomic E-state index is 10.9. The first-order valence-electron chi connectivity index (χ1n) is 5.71. The van der Waals surface area contributed by atoms with Gasteiger partial charge in [-0.05, 0) is 43.7 Å². The van der Waals surface area contributed by atoms with Crippen molar-refractivity contribution in [3.05, 3.63) is 52.2 Å². The second-order valence-electron chi connectivity index (χ2n) is 4.24. The molecule has 2 rings (SSSR count). The molecule has 0 aliphatic rings. The third-order valence-electron chi connectivity index (χ3n) is 2.70. The Labute approximate surface area is 116 Å². The van der Waals surface area contributed by atoms with Crippen molar-refractivity contribution in [2.75, 3.05) is 5.32 Å². The zero-order valence-electron chi connectivity index (χ0n) is 10.6.